The Morgan fingerprint density at radius 1 is 1.08 bits per heavy atom. The van der Waals surface area contributed by atoms with Crippen LogP contribution in [0.4, 0.5) is 5.69 Å². The monoisotopic (exact) mass is 364 g/mol. The van der Waals surface area contributed by atoms with Crippen LogP contribution in [0.15, 0.2) is 42.5 Å². The fourth-order valence-electron chi connectivity index (χ4n) is 2.14. The lowest BCUT2D eigenvalue weighted by Gasteiger charge is -2.21. The summed E-state index contributed by atoms with van der Waals surface area (Å²) in [5, 5.41) is 3.99. The van der Waals surface area contributed by atoms with Crippen molar-refractivity contribution >= 4 is 40.7 Å². The van der Waals surface area contributed by atoms with Gasteiger partial charge >= 0.3 is 0 Å². The van der Waals surface area contributed by atoms with Gasteiger partial charge in [0.2, 0.25) is 11.8 Å². The molecule has 0 radical (unpaired) electrons. The molecule has 1 N–H and O–H groups in total. The van der Waals surface area contributed by atoms with E-state index in [4.69, 9.17) is 23.2 Å². The minimum absolute atomic E-state index is 0.0671. The van der Waals surface area contributed by atoms with Crippen LogP contribution in [0.25, 0.3) is 0 Å². The van der Waals surface area contributed by atoms with Crippen LogP contribution in [0, 0.1) is 6.92 Å². The zero-order valence-electron chi connectivity index (χ0n) is 13.5. The first-order valence-electron chi connectivity index (χ1n) is 7.42. The predicted molar refractivity (Wildman–Crippen MR) is 97.5 cm³/mol. The van der Waals surface area contributed by atoms with Crippen molar-refractivity contribution in [3.63, 3.8) is 0 Å². The average Bonchev–Trinajstić information content (AvgIpc) is 2.54. The van der Waals surface area contributed by atoms with Crippen molar-refractivity contribution in [2.45, 2.75) is 20.4 Å². The largest absolute Gasteiger partial charge is 0.350 e. The van der Waals surface area contributed by atoms with Gasteiger partial charge in [0.15, 0.2) is 0 Å². The minimum atomic E-state index is -0.253. The average molecular weight is 365 g/mol. The number of benzene rings is 2. The Hall–Kier alpha value is -2.04. The molecule has 0 aliphatic heterocycles. The standard InChI is InChI=1S/C18H18Cl2N2O2/c1-12-3-8-16(9-17(12)20)22(13(2)23)11-18(24)21-10-14-4-6-15(19)7-5-14/h3-9H,10-11H2,1-2H3,(H,21,24). The first kappa shape index (κ1) is 18.3. The fourth-order valence-corrected chi connectivity index (χ4v) is 2.44. The van der Waals surface area contributed by atoms with Crippen molar-refractivity contribution in [1.29, 1.82) is 0 Å². The molecule has 0 aliphatic rings. The second kappa shape index (κ2) is 8.18. The lowest BCUT2D eigenvalue weighted by Crippen LogP contribution is -2.39. The molecule has 4 nitrogen and oxygen atoms in total. The number of rotatable bonds is 5. The van der Waals surface area contributed by atoms with Crippen molar-refractivity contribution in [3.8, 4) is 0 Å². The van der Waals surface area contributed by atoms with Crippen molar-refractivity contribution < 1.29 is 9.59 Å². The van der Waals surface area contributed by atoms with Crippen LogP contribution in [-0.2, 0) is 16.1 Å². The quantitative estimate of drug-likeness (QED) is 0.872. The van der Waals surface area contributed by atoms with E-state index in [0.717, 1.165) is 11.1 Å². The molecule has 0 saturated carbocycles. The van der Waals surface area contributed by atoms with Gasteiger partial charge in [-0.05, 0) is 42.3 Å². The Balaban J connectivity index is 2.01. The van der Waals surface area contributed by atoms with E-state index in [9.17, 15) is 9.59 Å². The lowest BCUT2D eigenvalue weighted by molar-refractivity contribution is -0.123. The summed E-state index contributed by atoms with van der Waals surface area (Å²) in [7, 11) is 0. The van der Waals surface area contributed by atoms with Gasteiger partial charge in [0.1, 0.15) is 6.54 Å². The van der Waals surface area contributed by atoms with E-state index in [2.05, 4.69) is 5.32 Å². The summed E-state index contributed by atoms with van der Waals surface area (Å²) in [5.41, 5.74) is 2.44. The second-order valence-electron chi connectivity index (χ2n) is 5.44. The molecule has 2 aromatic carbocycles. The van der Waals surface area contributed by atoms with Gasteiger partial charge in [-0.25, -0.2) is 0 Å². The van der Waals surface area contributed by atoms with Crippen LogP contribution >= 0.6 is 23.2 Å². The number of nitrogens with zero attached hydrogens (tertiary/aromatic N) is 1. The number of carbonyl (C=O) groups is 2. The number of halogens is 2. The number of nitrogens with one attached hydrogen (secondary N) is 1. The molecule has 2 rings (SSSR count). The van der Waals surface area contributed by atoms with Crippen molar-refractivity contribution in [2.24, 2.45) is 0 Å². The first-order chi connectivity index (χ1) is 11.4. The van der Waals surface area contributed by atoms with E-state index < -0.39 is 0 Å². The summed E-state index contributed by atoms with van der Waals surface area (Å²) in [6.45, 7) is 3.60. The number of carbonyl (C=O) groups excluding carboxylic acids is 2. The third-order valence-corrected chi connectivity index (χ3v) is 4.21. The van der Waals surface area contributed by atoms with Gasteiger partial charge in [0, 0.05) is 29.2 Å². The number of amides is 2. The van der Waals surface area contributed by atoms with Gasteiger partial charge in [0.05, 0.1) is 0 Å². The van der Waals surface area contributed by atoms with Crippen molar-refractivity contribution in [3.05, 3.63) is 63.6 Å². The molecule has 2 amide bonds. The normalized spacial score (nSPS) is 10.3. The molecule has 0 fully saturated rings. The maximum absolute atomic E-state index is 12.2. The zero-order valence-corrected chi connectivity index (χ0v) is 15.0. The second-order valence-corrected chi connectivity index (χ2v) is 6.29. The zero-order chi connectivity index (χ0) is 17.7. The van der Waals surface area contributed by atoms with Gasteiger partial charge in [-0.1, -0.05) is 41.4 Å². The van der Waals surface area contributed by atoms with E-state index in [0.29, 0.717) is 22.3 Å². The number of anilines is 1. The highest BCUT2D eigenvalue weighted by Gasteiger charge is 2.16. The highest BCUT2D eigenvalue weighted by atomic mass is 35.5. The smallest absolute Gasteiger partial charge is 0.240 e. The number of aryl methyl sites for hydroxylation is 1. The topological polar surface area (TPSA) is 49.4 Å². The van der Waals surface area contributed by atoms with Crippen LogP contribution in [0.3, 0.4) is 0 Å². The van der Waals surface area contributed by atoms with Gasteiger partial charge < -0.3 is 10.2 Å². The van der Waals surface area contributed by atoms with Gasteiger partial charge in [-0.15, -0.1) is 0 Å². The summed E-state index contributed by atoms with van der Waals surface area (Å²) >= 11 is 11.9. The lowest BCUT2D eigenvalue weighted by atomic mass is 10.2. The molecule has 2 aromatic rings. The molecule has 0 atom stereocenters. The van der Waals surface area contributed by atoms with Crippen LogP contribution < -0.4 is 10.2 Å². The van der Waals surface area contributed by atoms with E-state index in [1.54, 1.807) is 24.3 Å². The summed E-state index contributed by atoms with van der Waals surface area (Å²) in [5.74, 6) is -0.478. The van der Waals surface area contributed by atoms with Crippen LogP contribution in [0.2, 0.25) is 10.0 Å². The first-order valence-corrected chi connectivity index (χ1v) is 8.18. The minimum Gasteiger partial charge on any atom is -0.350 e. The highest BCUT2D eigenvalue weighted by Crippen LogP contribution is 2.23. The molecular weight excluding hydrogens is 347 g/mol. The summed E-state index contributed by atoms with van der Waals surface area (Å²) < 4.78 is 0. The Morgan fingerprint density at radius 3 is 2.33 bits per heavy atom. The van der Waals surface area contributed by atoms with E-state index in [1.165, 1.54) is 11.8 Å². The van der Waals surface area contributed by atoms with E-state index >= 15 is 0 Å². The predicted octanol–water partition coefficient (Wildman–Crippen LogP) is 3.97. The number of hydrogen-bond donors (Lipinski definition) is 1. The summed E-state index contributed by atoms with van der Waals surface area (Å²) in [6.07, 6.45) is 0. The SMILES string of the molecule is CC(=O)N(CC(=O)NCc1ccc(Cl)cc1)c1ccc(C)c(Cl)c1. The van der Waals surface area contributed by atoms with Gasteiger partial charge in [0.25, 0.3) is 0 Å². The Morgan fingerprint density at radius 2 is 1.75 bits per heavy atom. The molecule has 0 aliphatic carbocycles. The van der Waals surface area contributed by atoms with Gasteiger partial charge in [-0.3, -0.25) is 9.59 Å². The molecule has 0 heterocycles. The van der Waals surface area contributed by atoms with Crippen LogP contribution in [-0.4, -0.2) is 18.4 Å². The van der Waals surface area contributed by atoms with E-state index in [1.807, 2.05) is 25.1 Å². The molecule has 0 bridgehead atoms. The molecule has 0 saturated heterocycles. The molecule has 0 aromatic heterocycles. The molecule has 24 heavy (non-hydrogen) atoms. The van der Waals surface area contributed by atoms with Crippen LogP contribution in [0.5, 0.6) is 0 Å². The van der Waals surface area contributed by atoms with Gasteiger partial charge in [-0.2, -0.15) is 0 Å². The molecule has 126 valence electrons. The summed E-state index contributed by atoms with van der Waals surface area (Å²) in [4.78, 5) is 25.4. The Bertz CT molecular complexity index is 745. The molecular formula is C18H18Cl2N2O2. The van der Waals surface area contributed by atoms with Crippen molar-refractivity contribution in [1.82, 2.24) is 5.32 Å². The molecule has 6 heteroatoms. The maximum Gasteiger partial charge on any atom is 0.240 e. The Labute approximate surface area is 151 Å². The Kier molecular flexibility index (Phi) is 6.23. The highest BCUT2D eigenvalue weighted by molar-refractivity contribution is 6.31. The fraction of sp³-hybridized carbons (Fsp3) is 0.222. The molecule has 0 unspecified atom stereocenters. The van der Waals surface area contributed by atoms with Crippen molar-refractivity contribution in [2.75, 3.05) is 11.4 Å². The van der Waals surface area contributed by atoms with E-state index in [-0.39, 0.29) is 18.4 Å². The summed E-state index contributed by atoms with van der Waals surface area (Å²) in [6, 6.07) is 12.5. The molecule has 0 spiro atoms. The third-order valence-electron chi connectivity index (χ3n) is 3.55. The maximum atomic E-state index is 12.2. The number of hydrogen-bond acceptors (Lipinski definition) is 2. The van der Waals surface area contributed by atoms with Crippen LogP contribution in [0.1, 0.15) is 18.1 Å². The third kappa shape index (κ3) is 4.98.